The van der Waals surface area contributed by atoms with E-state index in [0.29, 0.717) is 13.0 Å². The molecule has 3 heterocycles. The van der Waals surface area contributed by atoms with Crippen molar-refractivity contribution in [3.63, 3.8) is 0 Å². The predicted molar refractivity (Wildman–Crippen MR) is 74.8 cm³/mol. The molecule has 3 rings (SSSR count). The highest BCUT2D eigenvalue weighted by Crippen LogP contribution is 2.20. The Morgan fingerprint density at radius 1 is 1.41 bits per heavy atom. The van der Waals surface area contributed by atoms with Gasteiger partial charge >= 0.3 is 11.4 Å². The maximum absolute atomic E-state index is 12.9. The van der Waals surface area contributed by atoms with Gasteiger partial charge < -0.3 is 15.5 Å². The van der Waals surface area contributed by atoms with Crippen molar-refractivity contribution in [3.8, 4) is 0 Å². The molecule has 1 aliphatic heterocycles. The monoisotopic (exact) mass is 311 g/mol. The second-order valence-corrected chi connectivity index (χ2v) is 4.43. The second-order valence-electron chi connectivity index (χ2n) is 4.43. The van der Waals surface area contributed by atoms with Crippen LogP contribution in [0.3, 0.4) is 0 Å². The first-order chi connectivity index (χ1) is 10.5. The fourth-order valence-electron chi connectivity index (χ4n) is 1.84. The Morgan fingerprint density at radius 2 is 2.18 bits per heavy atom. The molecule has 2 aromatic rings. The molecule has 0 saturated carbocycles. The van der Waals surface area contributed by atoms with Gasteiger partial charge in [-0.05, 0) is 18.9 Å². The Labute approximate surface area is 122 Å². The molecule has 0 aliphatic carbocycles. The second kappa shape index (κ2) is 6.80. The van der Waals surface area contributed by atoms with Crippen molar-refractivity contribution in [2.45, 2.75) is 19.1 Å². The first-order valence-corrected chi connectivity index (χ1v) is 6.41. The van der Waals surface area contributed by atoms with Crippen LogP contribution in [0.25, 0.3) is 0 Å². The summed E-state index contributed by atoms with van der Waals surface area (Å²) in [5, 5.41) is 0. The number of nitrogens with zero attached hydrogens (tertiary/aromatic N) is 2. The van der Waals surface area contributed by atoms with Gasteiger partial charge in [-0.1, -0.05) is 0 Å². The largest absolute Gasteiger partial charge is 0.383 e. The van der Waals surface area contributed by atoms with E-state index >= 15 is 0 Å². The van der Waals surface area contributed by atoms with E-state index in [1.807, 2.05) is 4.98 Å². The van der Waals surface area contributed by atoms with E-state index in [-0.39, 0.29) is 5.82 Å². The van der Waals surface area contributed by atoms with E-state index in [4.69, 9.17) is 10.5 Å². The van der Waals surface area contributed by atoms with Gasteiger partial charge in [-0.15, -0.1) is 0 Å². The van der Waals surface area contributed by atoms with E-state index in [0.717, 1.165) is 17.2 Å². The molecule has 1 atom stereocenters. The lowest BCUT2D eigenvalue weighted by Crippen LogP contribution is -2.33. The molecule has 0 bridgehead atoms. The van der Waals surface area contributed by atoms with Crippen LogP contribution in [0.4, 0.5) is 10.2 Å². The van der Waals surface area contributed by atoms with Gasteiger partial charge in [-0.2, -0.15) is 9.37 Å². The van der Waals surface area contributed by atoms with Crippen LogP contribution < -0.4 is 22.7 Å². The van der Waals surface area contributed by atoms with E-state index in [9.17, 15) is 18.8 Å². The molecule has 1 fully saturated rings. The van der Waals surface area contributed by atoms with Crippen LogP contribution in [0.5, 0.6) is 0 Å². The topological polar surface area (TPSA) is 136 Å². The van der Waals surface area contributed by atoms with Gasteiger partial charge in [0.2, 0.25) is 5.82 Å². The van der Waals surface area contributed by atoms with Crippen LogP contribution in [-0.2, 0) is 4.74 Å². The number of hydrogen-bond acceptors (Lipinski definition) is 6. The first-order valence-electron chi connectivity index (χ1n) is 6.41. The molecular formula is C12H14FN5O4. The summed E-state index contributed by atoms with van der Waals surface area (Å²) in [4.78, 5) is 39.8. The number of nitrogens with one attached hydrogen (secondary N) is 2. The minimum Gasteiger partial charge on any atom is -0.383 e. The average Bonchev–Trinajstić information content (AvgIpc) is 2.97. The van der Waals surface area contributed by atoms with Gasteiger partial charge in [0.05, 0.1) is 6.20 Å². The van der Waals surface area contributed by atoms with Gasteiger partial charge in [0.1, 0.15) is 12.0 Å². The minimum atomic E-state index is -0.996. The van der Waals surface area contributed by atoms with E-state index in [1.165, 1.54) is 12.3 Å². The zero-order chi connectivity index (χ0) is 16.1. The zero-order valence-corrected chi connectivity index (χ0v) is 11.4. The number of aromatic nitrogens is 4. The predicted octanol–water partition coefficient (Wildman–Crippen LogP) is -0.663. The van der Waals surface area contributed by atoms with Gasteiger partial charge in [-0.3, -0.25) is 14.3 Å². The number of anilines is 1. The quantitative estimate of drug-likeness (QED) is 0.639. The Kier molecular flexibility index (Phi) is 4.84. The summed E-state index contributed by atoms with van der Waals surface area (Å²) < 4.78 is 19.1. The number of ether oxygens (including phenoxy) is 1. The number of nitrogen functional groups attached to an aromatic ring is 1. The highest BCUT2D eigenvalue weighted by Gasteiger charge is 2.19. The average molecular weight is 311 g/mol. The Balaban J connectivity index is 0.000000188. The molecule has 0 amide bonds. The summed E-state index contributed by atoms with van der Waals surface area (Å²) in [5.74, 6) is -0.728. The number of hydrogen-bond donors (Lipinski definition) is 3. The van der Waals surface area contributed by atoms with E-state index in [2.05, 4.69) is 9.97 Å². The lowest BCUT2D eigenvalue weighted by molar-refractivity contribution is 0.0517. The molecule has 22 heavy (non-hydrogen) atoms. The fourth-order valence-corrected chi connectivity index (χ4v) is 1.84. The highest BCUT2D eigenvalue weighted by atomic mass is 19.1. The minimum absolute atomic E-state index is 0.244. The van der Waals surface area contributed by atoms with Crippen LogP contribution in [0, 0.1) is 5.82 Å². The molecule has 0 spiro atoms. The molecule has 1 unspecified atom stereocenters. The molecule has 9 nitrogen and oxygen atoms in total. The van der Waals surface area contributed by atoms with Gasteiger partial charge in [0.15, 0.2) is 0 Å². The third kappa shape index (κ3) is 3.88. The van der Waals surface area contributed by atoms with E-state index in [1.54, 1.807) is 0 Å². The summed E-state index contributed by atoms with van der Waals surface area (Å²) in [6, 6.07) is 1.52. The molecule has 118 valence electrons. The molecule has 10 heteroatoms. The number of nitrogens with two attached hydrogens (primary N) is 1. The van der Waals surface area contributed by atoms with Crippen LogP contribution in [0.2, 0.25) is 0 Å². The molecule has 0 aromatic carbocycles. The van der Waals surface area contributed by atoms with Gasteiger partial charge in [-0.25, -0.2) is 9.59 Å². The van der Waals surface area contributed by atoms with Crippen LogP contribution in [0.15, 0.2) is 32.8 Å². The summed E-state index contributed by atoms with van der Waals surface area (Å²) >= 11 is 0. The summed E-state index contributed by atoms with van der Waals surface area (Å²) in [5.41, 5.74) is 3.08. The van der Waals surface area contributed by atoms with Crippen LogP contribution in [-0.4, -0.2) is 26.1 Å². The molecule has 4 N–H and O–H groups in total. The smallest absolute Gasteiger partial charge is 0.346 e. The third-order valence-corrected chi connectivity index (χ3v) is 2.83. The number of halogens is 1. The van der Waals surface area contributed by atoms with Crippen molar-refractivity contribution >= 4 is 5.82 Å². The van der Waals surface area contributed by atoms with Crippen LogP contribution in [0.1, 0.15) is 19.1 Å². The Bertz CT molecular complexity index is 806. The summed E-state index contributed by atoms with van der Waals surface area (Å²) in [6.07, 6.45) is 3.37. The maximum Gasteiger partial charge on any atom is 0.346 e. The summed E-state index contributed by atoms with van der Waals surface area (Å²) in [6.45, 7) is 0.553. The van der Waals surface area contributed by atoms with Crippen molar-refractivity contribution < 1.29 is 9.13 Å². The molecule has 0 radical (unpaired) electrons. The lowest BCUT2D eigenvalue weighted by atomic mass is 10.3. The van der Waals surface area contributed by atoms with Crippen molar-refractivity contribution in [1.29, 1.82) is 0 Å². The maximum atomic E-state index is 12.9. The molecule has 2 aromatic heterocycles. The normalized spacial score (nSPS) is 16.9. The SMILES string of the molecule is Nc1cc[nH]c(=O)n1.O=c1[nH]c(=O)n(C2CCCO2)cc1F. The molecule has 1 saturated heterocycles. The number of aromatic amines is 2. The van der Waals surface area contributed by atoms with Crippen LogP contribution >= 0.6 is 0 Å². The van der Waals surface area contributed by atoms with Crippen molar-refractivity contribution in [2.24, 2.45) is 0 Å². The highest BCUT2D eigenvalue weighted by molar-refractivity contribution is 5.22. The first kappa shape index (κ1) is 15.6. The third-order valence-electron chi connectivity index (χ3n) is 2.83. The zero-order valence-electron chi connectivity index (χ0n) is 11.4. The Morgan fingerprint density at radius 3 is 2.73 bits per heavy atom. The number of rotatable bonds is 1. The standard InChI is InChI=1S/C8H9FN2O3.C4H5N3O/c9-5-4-11(6-2-1-3-14-6)8(13)10-7(5)12;5-3-1-2-6-4(8)7-3/h4,6H,1-3H2,(H,10,12,13);1-2H,(H3,5,6,7,8). The van der Waals surface area contributed by atoms with Gasteiger partial charge in [0.25, 0.3) is 5.56 Å². The van der Waals surface area contributed by atoms with E-state index < -0.39 is 29.0 Å². The number of H-pyrrole nitrogens is 2. The van der Waals surface area contributed by atoms with Crippen molar-refractivity contribution in [2.75, 3.05) is 12.3 Å². The van der Waals surface area contributed by atoms with Crippen molar-refractivity contribution in [1.82, 2.24) is 19.5 Å². The molecule has 1 aliphatic rings. The lowest BCUT2D eigenvalue weighted by Gasteiger charge is -2.11. The Hall–Kier alpha value is -2.75. The van der Waals surface area contributed by atoms with Gasteiger partial charge in [0, 0.05) is 12.8 Å². The summed E-state index contributed by atoms with van der Waals surface area (Å²) in [7, 11) is 0. The fraction of sp³-hybridized carbons (Fsp3) is 0.333. The molecular weight excluding hydrogens is 297 g/mol. The van der Waals surface area contributed by atoms with Crippen molar-refractivity contribution in [3.05, 3.63) is 55.6 Å².